The predicted octanol–water partition coefficient (Wildman–Crippen LogP) is 3.19. The maximum Gasteiger partial charge on any atom is 0.167 e. The van der Waals surface area contributed by atoms with Crippen molar-refractivity contribution in [3.05, 3.63) is 23.8 Å². The van der Waals surface area contributed by atoms with Gasteiger partial charge in [0.2, 0.25) is 0 Å². The van der Waals surface area contributed by atoms with Crippen LogP contribution in [0.15, 0.2) is 18.2 Å². The van der Waals surface area contributed by atoms with Gasteiger partial charge in [-0.15, -0.1) is 0 Å². The van der Waals surface area contributed by atoms with E-state index < -0.39 is 0 Å². The van der Waals surface area contributed by atoms with Gasteiger partial charge in [0.15, 0.2) is 5.78 Å². The number of carbonyl (C=O) groups is 1. The number of hydrogen-bond donors (Lipinski definition) is 1. The molecule has 0 radical (unpaired) electrons. The largest absolute Gasteiger partial charge is 0.497 e. The monoisotopic (exact) mass is 291 g/mol. The van der Waals surface area contributed by atoms with E-state index in [1.807, 2.05) is 0 Å². The molecule has 0 amide bonds. The third-order valence-corrected chi connectivity index (χ3v) is 4.59. The molecule has 21 heavy (non-hydrogen) atoms. The van der Waals surface area contributed by atoms with E-state index >= 15 is 0 Å². The van der Waals surface area contributed by atoms with Crippen LogP contribution in [0.2, 0.25) is 0 Å². The summed E-state index contributed by atoms with van der Waals surface area (Å²) in [7, 11) is 3.17. The molecule has 4 nitrogen and oxygen atoms in total. The van der Waals surface area contributed by atoms with Crippen molar-refractivity contribution in [1.29, 1.82) is 0 Å². The van der Waals surface area contributed by atoms with Gasteiger partial charge in [0.1, 0.15) is 11.5 Å². The van der Waals surface area contributed by atoms with Gasteiger partial charge in [0, 0.05) is 12.5 Å². The summed E-state index contributed by atoms with van der Waals surface area (Å²) in [6.45, 7) is 0.581. The first kappa shape index (κ1) is 15.8. The van der Waals surface area contributed by atoms with Gasteiger partial charge in [-0.25, -0.2) is 0 Å². The highest BCUT2D eigenvalue weighted by atomic mass is 16.5. The lowest BCUT2D eigenvalue weighted by molar-refractivity contribution is 0.0865. The normalized spacial score (nSPS) is 17.3. The van der Waals surface area contributed by atoms with Crippen LogP contribution in [0, 0.1) is 5.41 Å². The zero-order chi connectivity index (χ0) is 15.3. The Bertz CT molecular complexity index is 493. The molecule has 0 aliphatic heterocycles. The fourth-order valence-electron chi connectivity index (χ4n) is 3.22. The average molecular weight is 291 g/mol. The van der Waals surface area contributed by atoms with Crippen LogP contribution in [-0.4, -0.2) is 26.5 Å². The lowest BCUT2D eigenvalue weighted by Crippen LogP contribution is -2.35. The molecule has 0 bridgehead atoms. The summed E-state index contributed by atoms with van der Waals surface area (Å²) in [5.41, 5.74) is 6.57. The van der Waals surface area contributed by atoms with Crippen molar-refractivity contribution < 1.29 is 14.3 Å². The van der Waals surface area contributed by atoms with E-state index in [1.165, 1.54) is 19.3 Å². The van der Waals surface area contributed by atoms with Crippen LogP contribution < -0.4 is 15.2 Å². The van der Waals surface area contributed by atoms with E-state index in [9.17, 15) is 4.79 Å². The van der Waals surface area contributed by atoms with Crippen molar-refractivity contribution in [1.82, 2.24) is 0 Å². The van der Waals surface area contributed by atoms with Crippen molar-refractivity contribution in [2.24, 2.45) is 11.1 Å². The van der Waals surface area contributed by atoms with Gasteiger partial charge in [-0.05, 0) is 36.9 Å². The number of ether oxygens (including phenoxy) is 2. The standard InChI is InChI=1S/C17H25NO3/c1-20-13-6-7-14(16(10-13)21-2)15(19)11-17(12-18)8-4-3-5-9-17/h6-7,10H,3-5,8-9,11-12,18H2,1-2H3. The van der Waals surface area contributed by atoms with Crippen molar-refractivity contribution in [2.45, 2.75) is 38.5 Å². The number of carbonyl (C=O) groups excluding carboxylic acids is 1. The minimum absolute atomic E-state index is 0.0275. The summed E-state index contributed by atoms with van der Waals surface area (Å²) < 4.78 is 10.5. The Morgan fingerprint density at radius 2 is 1.90 bits per heavy atom. The third kappa shape index (κ3) is 3.56. The van der Waals surface area contributed by atoms with Crippen molar-refractivity contribution >= 4 is 5.78 Å². The molecule has 1 fully saturated rings. The van der Waals surface area contributed by atoms with Gasteiger partial charge in [-0.1, -0.05) is 19.3 Å². The number of methoxy groups -OCH3 is 2. The van der Waals surface area contributed by atoms with Crippen LogP contribution in [0.4, 0.5) is 0 Å². The molecule has 1 aromatic rings. The van der Waals surface area contributed by atoms with Gasteiger partial charge in [0.05, 0.1) is 19.8 Å². The Kier molecular flexibility index (Phi) is 5.23. The van der Waals surface area contributed by atoms with Gasteiger partial charge in [-0.2, -0.15) is 0 Å². The SMILES string of the molecule is COc1ccc(C(=O)CC2(CN)CCCCC2)c(OC)c1. The summed E-state index contributed by atoms with van der Waals surface area (Å²) in [5.74, 6) is 1.37. The number of benzene rings is 1. The van der Waals surface area contributed by atoms with E-state index in [0.29, 0.717) is 30.0 Å². The Balaban J connectivity index is 2.19. The minimum atomic E-state index is -0.0275. The highest BCUT2D eigenvalue weighted by Gasteiger charge is 2.33. The lowest BCUT2D eigenvalue weighted by atomic mass is 9.70. The molecule has 1 aliphatic carbocycles. The number of Topliss-reactive ketones (excluding diaryl/α,β-unsaturated/α-hetero) is 1. The van der Waals surface area contributed by atoms with Crippen LogP contribution >= 0.6 is 0 Å². The van der Waals surface area contributed by atoms with Crippen LogP contribution in [0.3, 0.4) is 0 Å². The molecule has 2 N–H and O–H groups in total. The maximum absolute atomic E-state index is 12.7. The molecule has 0 spiro atoms. The summed E-state index contributed by atoms with van der Waals surface area (Å²) in [4.78, 5) is 12.7. The molecular weight excluding hydrogens is 266 g/mol. The molecule has 0 aromatic heterocycles. The highest BCUT2D eigenvalue weighted by Crippen LogP contribution is 2.40. The van der Waals surface area contributed by atoms with Crippen LogP contribution in [-0.2, 0) is 0 Å². The second-order valence-corrected chi connectivity index (χ2v) is 5.93. The van der Waals surface area contributed by atoms with E-state index in [4.69, 9.17) is 15.2 Å². The Hall–Kier alpha value is -1.55. The fraction of sp³-hybridized carbons (Fsp3) is 0.588. The zero-order valence-corrected chi connectivity index (χ0v) is 13.0. The van der Waals surface area contributed by atoms with E-state index in [0.717, 1.165) is 12.8 Å². The summed E-state index contributed by atoms with van der Waals surface area (Å²) in [5, 5.41) is 0. The molecule has 0 heterocycles. The number of ketones is 1. The van der Waals surface area contributed by atoms with Crippen LogP contribution in [0.25, 0.3) is 0 Å². The van der Waals surface area contributed by atoms with Crippen molar-refractivity contribution in [2.75, 3.05) is 20.8 Å². The topological polar surface area (TPSA) is 61.5 Å². The Morgan fingerprint density at radius 1 is 1.19 bits per heavy atom. The van der Waals surface area contributed by atoms with Crippen LogP contribution in [0.1, 0.15) is 48.9 Å². The number of nitrogens with two attached hydrogens (primary N) is 1. The molecule has 1 aliphatic rings. The van der Waals surface area contributed by atoms with E-state index in [2.05, 4.69) is 0 Å². The maximum atomic E-state index is 12.7. The van der Waals surface area contributed by atoms with Gasteiger partial charge < -0.3 is 15.2 Å². The molecule has 0 unspecified atom stereocenters. The first-order valence-electron chi connectivity index (χ1n) is 7.59. The van der Waals surface area contributed by atoms with Gasteiger partial charge in [0.25, 0.3) is 0 Å². The first-order chi connectivity index (χ1) is 10.1. The molecule has 2 rings (SSSR count). The molecule has 116 valence electrons. The Morgan fingerprint density at radius 3 is 2.48 bits per heavy atom. The van der Waals surface area contributed by atoms with Crippen molar-refractivity contribution in [3.63, 3.8) is 0 Å². The second-order valence-electron chi connectivity index (χ2n) is 5.93. The number of hydrogen-bond acceptors (Lipinski definition) is 4. The first-order valence-corrected chi connectivity index (χ1v) is 7.59. The predicted molar refractivity (Wildman–Crippen MR) is 83.1 cm³/mol. The quantitative estimate of drug-likeness (QED) is 0.818. The molecule has 0 atom stereocenters. The van der Waals surface area contributed by atoms with Crippen LogP contribution in [0.5, 0.6) is 11.5 Å². The molecule has 4 heteroatoms. The Labute approximate surface area is 126 Å². The molecule has 1 saturated carbocycles. The zero-order valence-electron chi connectivity index (χ0n) is 13.0. The average Bonchev–Trinajstić information content (AvgIpc) is 2.54. The highest BCUT2D eigenvalue weighted by molar-refractivity contribution is 5.99. The van der Waals surface area contributed by atoms with E-state index in [-0.39, 0.29) is 11.2 Å². The van der Waals surface area contributed by atoms with Crippen molar-refractivity contribution in [3.8, 4) is 11.5 Å². The summed E-state index contributed by atoms with van der Waals surface area (Å²) in [6, 6.07) is 5.34. The summed E-state index contributed by atoms with van der Waals surface area (Å²) in [6.07, 6.45) is 6.20. The third-order valence-electron chi connectivity index (χ3n) is 4.59. The molecule has 0 saturated heterocycles. The lowest BCUT2D eigenvalue weighted by Gasteiger charge is -2.35. The minimum Gasteiger partial charge on any atom is -0.497 e. The van der Waals surface area contributed by atoms with Gasteiger partial charge in [-0.3, -0.25) is 4.79 Å². The summed E-state index contributed by atoms with van der Waals surface area (Å²) >= 11 is 0. The smallest absolute Gasteiger partial charge is 0.167 e. The molecular formula is C17H25NO3. The van der Waals surface area contributed by atoms with Gasteiger partial charge >= 0.3 is 0 Å². The second kappa shape index (κ2) is 6.94. The molecule has 1 aromatic carbocycles. The fourth-order valence-corrected chi connectivity index (χ4v) is 3.22. The number of rotatable bonds is 6. The van der Waals surface area contributed by atoms with E-state index in [1.54, 1.807) is 32.4 Å².